The standard InChI is InChI=1S/C16H20Cl2N2O3/c1-11(17)16(22)19-13-6-8-20(9-7-13)15(21)10-23-14-4-2-12(18)3-5-14/h2-5,11,13H,6-10H2,1H3,(H,19,22). The van der Waals surface area contributed by atoms with E-state index in [0.717, 1.165) is 12.8 Å². The zero-order valence-corrected chi connectivity index (χ0v) is 14.4. The van der Waals surface area contributed by atoms with E-state index in [1.54, 1.807) is 36.1 Å². The van der Waals surface area contributed by atoms with Crippen LogP contribution in [-0.4, -0.2) is 47.8 Å². The lowest BCUT2D eigenvalue weighted by Gasteiger charge is -2.32. The number of ether oxygens (including phenoxy) is 1. The normalized spacial score (nSPS) is 16.7. The average molecular weight is 359 g/mol. The third-order valence-electron chi connectivity index (χ3n) is 3.73. The van der Waals surface area contributed by atoms with Crippen molar-refractivity contribution in [1.29, 1.82) is 0 Å². The number of hydrogen-bond acceptors (Lipinski definition) is 3. The molecule has 0 saturated carbocycles. The van der Waals surface area contributed by atoms with Gasteiger partial charge < -0.3 is 15.0 Å². The molecule has 1 saturated heterocycles. The summed E-state index contributed by atoms with van der Waals surface area (Å²) < 4.78 is 5.46. The molecule has 2 amide bonds. The van der Waals surface area contributed by atoms with Crippen molar-refractivity contribution in [2.45, 2.75) is 31.2 Å². The predicted molar refractivity (Wildman–Crippen MR) is 90.0 cm³/mol. The van der Waals surface area contributed by atoms with Crippen LogP contribution in [0.25, 0.3) is 0 Å². The van der Waals surface area contributed by atoms with Gasteiger partial charge in [-0.2, -0.15) is 0 Å². The third kappa shape index (κ3) is 5.59. The molecule has 1 heterocycles. The van der Waals surface area contributed by atoms with E-state index < -0.39 is 5.38 Å². The first-order valence-corrected chi connectivity index (χ1v) is 8.37. The molecule has 2 rings (SSSR count). The number of carbonyl (C=O) groups is 2. The number of halogens is 2. The number of piperidine rings is 1. The maximum Gasteiger partial charge on any atom is 0.260 e. The van der Waals surface area contributed by atoms with Crippen LogP contribution in [0.4, 0.5) is 0 Å². The van der Waals surface area contributed by atoms with Gasteiger partial charge in [0.25, 0.3) is 5.91 Å². The second-order valence-corrected chi connectivity index (χ2v) is 6.61. The Hall–Kier alpha value is -1.46. The third-order valence-corrected chi connectivity index (χ3v) is 4.18. The van der Waals surface area contributed by atoms with Crippen molar-refractivity contribution in [3.63, 3.8) is 0 Å². The summed E-state index contributed by atoms with van der Waals surface area (Å²) >= 11 is 11.5. The Kier molecular flexibility index (Phi) is 6.54. The first kappa shape index (κ1) is 17.9. The molecule has 23 heavy (non-hydrogen) atoms. The number of carbonyl (C=O) groups excluding carboxylic acids is 2. The molecule has 1 aromatic rings. The van der Waals surface area contributed by atoms with Crippen LogP contribution in [0.3, 0.4) is 0 Å². The van der Waals surface area contributed by atoms with Gasteiger partial charge in [-0.15, -0.1) is 11.6 Å². The van der Waals surface area contributed by atoms with Gasteiger partial charge in [0.2, 0.25) is 5.91 Å². The molecule has 1 N–H and O–H groups in total. The summed E-state index contributed by atoms with van der Waals surface area (Å²) in [5.41, 5.74) is 0. The van der Waals surface area contributed by atoms with Crippen LogP contribution in [0.2, 0.25) is 5.02 Å². The lowest BCUT2D eigenvalue weighted by atomic mass is 10.0. The van der Waals surface area contributed by atoms with Gasteiger partial charge in [-0.05, 0) is 44.0 Å². The Morgan fingerprint density at radius 3 is 2.48 bits per heavy atom. The van der Waals surface area contributed by atoms with Crippen molar-refractivity contribution in [2.75, 3.05) is 19.7 Å². The topological polar surface area (TPSA) is 58.6 Å². The van der Waals surface area contributed by atoms with Crippen molar-refractivity contribution < 1.29 is 14.3 Å². The second-order valence-electron chi connectivity index (χ2n) is 5.52. The van der Waals surface area contributed by atoms with Crippen LogP contribution in [0.5, 0.6) is 5.75 Å². The first-order chi connectivity index (χ1) is 11.0. The van der Waals surface area contributed by atoms with Gasteiger partial charge in [-0.3, -0.25) is 9.59 Å². The predicted octanol–water partition coefficient (Wildman–Crippen LogP) is 2.45. The van der Waals surface area contributed by atoms with E-state index in [1.165, 1.54) is 0 Å². The monoisotopic (exact) mass is 358 g/mol. The first-order valence-electron chi connectivity index (χ1n) is 7.56. The maximum absolute atomic E-state index is 12.1. The van der Waals surface area contributed by atoms with Gasteiger partial charge in [0.1, 0.15) is 11.1 Å². The summed E-state index contributed by atoms with van der Waals surface area (Å²) in [6.45, 7) is 2.84. The molecule has 0 aliphatic carbocycles. The largest absolute Gasteiger partial charge is 0.484 e. The molecule has 0 bridgehead atoms. The molecule has 1 aromatic carbocycles. The zero-order valence-electron chi connectivity index (χ0n) is 12.9. The van der Waals surface area contributed by atoms with Gasteiger partial charge in [0.15, 0.2) is 6.61 Å². The van der Waals surface area contributed by atoms with Gasteiger partial charge in [-0.1, -0.05) is 11.6 Å². The highest BCUT2D eigenvalue weighted by Crippen LogP contribution is 2.16. The molecule has 1 aliphatic rings. The minimum Gasteiger partial charge on any atom is -0.484 e. The Labute approximate surface area is 145 Å². The van der Waals surface area contributed by atoms with Crippen LogP contribution < -0.4 is 10.1 Å². The summed E-state index contributed by atoms with van der Waals surface area (Å²) in [7, 11) is 0. The average Bonchev–Trinajstić information content (AvgIpc) is 2.54. The summed E-state index contributed by atoms with van der Waals surface area (Å²) in [6.07, 6.45) is 1.45. The van der Waals surface area contributed by atoms with E-state index in [2.05, 4.69) is 5.32 Å². The van der Waals surface area contributed by atoms with Gasteiger partial charge in [-0.25, -0.2) is 0 Å². The van der Waals surface area contributed by atoms with Crippen LogP contribution in [-0.2, 0) is 9.59 Å². The fourth-order valence-electron chi connectivity index (χ4n) is 2.36. The Morgan fingerprint density at radius 1 is 1.30 bits per heavy atom. The molecular weight excluding hydrogens is 339 g/mol. The molecule has 0 aromatic heterocycles. The number of likely N-dealkylation sites (tertiary alicyclic amines) is 1. The van der Waals surface area contributed by atoms with Gasteiger partial charge in [0, 0.05) is 24.2 Å². The molecule has 7 heteroatoms. The lowest BCUT2D eigenvalue weighted by Crippen LogP contribution is -2.48. The highest BCUT2D eigenvalue weighted by Gasteiger charge is 2.24. The fourth-order valence-corrected chi connectivity index (χ4v) is 2.55. The van der Waals surface area contributed by atoms with Crippen molar-refractivity contribution >= 4 is 35.0 Å². The number of benzene rings is 1. The van der Waals surface area contributed by atoms with Crippen molar-refractivity contribution in [2.24, 2.45) is 0 Å². The van der Waals surface area contributed by atoms with E-state index in [-0.39, 0.29) is 24.5 Å². The SMILES string of the molecule is CC(Cl)C(=O)NC1CCN(C(=O)COc2ccc(Cl)cc2)CC1. The molecule has 1 unspecified atom stereocenters. The van der Waals surface area contributed by atoms with Crippen molar-refractivity contribution in [3.8, 4) is 5.75 Å². The van der Waals surface area contributed by atoms with E-state index in [4.69, 9.17) is 27.9 Å². The van der Waals surface area contributed by atoms with Crippen LogP contribution in [0.15, 0.2) is 24.3 Å². The number of amides is 2. The highest BCUT2D eigenvalue weighted by atomic mass is 35.5. The minimum atomic E-state index is -0.539. The fraction of sp³-hybridized carbons (Fsp3) is 0.500. The zero-order chi connectivity index (χ0) is 16.8. The van der Waals surface area contributed by atoms with Crippen LogP contribution >= 0.6 is 23.2 Å². The molecule has 0 spiro atoms. The summed E-state index contributed by atoms with van der Waals surface area (Å²) in [5.74, 6) is 0.388. The van der Waals surface area contributed by atoms with Crippen molar-refractivity contribution in [3.05, 3.63) is 29.3 Å². The number of rotatable bonds is 5. The second kappa shape index (κ2) is 8.41. The maximum atomic E-state index is 12.1. The number of hydrogen-bond donors (Lipinski definition) is 1. The number of nitrogens with one attached hydrogen (secondary N) is 1. The van der Waals surface area contributed by atoms with Crippen LogP contribution in [0.1, 0.15) is 19.8 Å². The minimum absolute atomic E-state index is 0.00261. The Morgan fingerprint density at radius 2 is 1.91 bits per heavy atom. The molecule has 1 aliphatic heterocycles. The smallest absolute Gasteiger partial charge is 0.260 e. The molecule has 1 atom stereocenters. The Bertz CT molecular complexity index is 541. The quantitative estimate of drug-likeness (QED) is 0.822. The summed E-state index contributed by atoms with van der Waals surface area (Å²) in [4.78, 5) is 25.5. The highest BCUT2D eigenvalue weighted by molar-refractivity contribution is 6.30. The van der Waals surface area contributed by atoms with E-state index in [1.807, 2.05) is 0 Å². The van der Waals surface area contributed by atoms with Gasteiger partial charge >= 0.3 is 0 Å². The summed E-state index contributed by atoms with van der Waals surface area (Å²) in [5, 5.41) is 2.97. The lowest BCUT2D eigenvalue weighted by molar-refractivity contribution is -0.134. The van der Waals surface area contributed by atoms with E-state index >= 15 is 0 Å². The molecule has 126 valence electrons. The molecule has 5 nitrogen and oxygen atoms in total. The molecule has 0 radical (unpaired) electrons. The number of nitrogens with zero attached hydrogens (tertiary/aromatic N) is 1. The van der Waals surface area contributed by atoms with E-state index in [0.29, 0.717) is 23.9 Å². The van der Waals surface area contributed by atoms with Crippen molar-refractivity contribution in [1.82, 2.24) is 10.2 Å². The summed E-state index contributed by atoms with van der Waals surface area (Å²) in [6, 6.07) is 6.96. The number of alkyl halides is 1. The molecular formula is C16H20Cl2N2O3. The van der Waals surface area contributed by atoms with Crippen LogP contribution in [0, 0.1) is 0 Å². The molecule has 1 fully saturated rings. The van der Waals surface area contributed by atoms with Gasteiger partial charge in [0.05, 0.1) is 0 Å². The van der Waals surface area contributed by atoms with E-state index in [9.17, 15) is 9.59 Å². The Balaban J connectivity index is 1.73.